The summed E-state index contributed by atoms with van der Waals surface area (Å²) in [6, 6.07) is 16.6. The Morgan fingerprint density at radius 3 is 2.41 bits per heavy atom. The maximum Gasteiger partial charge on any atom is 0.274 e. The quantitative estimate of drug-likeness (QED) is 0.679. The van der Waals surface area contributed by atoms with E-state index >= 15 is 0 Å². The van der Waals surface area contributed by atoms with Gasteiger partial charge in [-0.05, 0) is 42.8 Å². The number of aryl methyl sites for hydroxylation is 1. The average Bonchev–Trinajstić information content (AvgIpc) is 2.69. The molecule has 0 spiro atoms. The van der Waals surface area contributed by atoms with E-state index in [0.29, 0.717) is 17.2 Å². The lowest BCUT2D eigenvalue weighted by atomic mass is 10.2. The van der Waals surface area contributed by atoms with E-state index in [4.69, 9.17) is 9.47 Å². The summed E-state index contributed by atoms with van der Waals surface area (Å²) in [5, 5.41) is 6.13. The first-order chi connectivity index (χ1) is 13.1. The van der Waals surface area contributed by atoms with E-state index in [1.54, 1.807) is 32.5 Å². The molecule has 6 nitrogen and oxygen atoms in total. The zero-order valence-electron chi connectivity index (χ0n) is 15.4. The van der Waals surface area contributed by atoms with Crippen LogP contribution in [0.1, 0.15) is 16.1 Å². The number of amides is 1. The minimum absolute atomic E-state index is 0.264. The highest BCUT2D eigenvalue weighted by Gasteiger charge is 2.10. The summed E-state index contributed by atoms with van der Waals surface area (Å²) in [6.45, 7) is 1.94. The lowest BCUT2D eigenvalue weighted by Gasteiger charge is -2.12. The van der Waals surface area contributed by atoms with Gasteiger partial charge in [-0.15, -0.1) is 0 Å². The van der Waals surface area contributed by atoms with Crippen LogP contribution >= 0.6 is 0 Å². The third kappa shape index (κ3) is 4.36. The molecule has 27 heavy (non-hydrogen) atoms. The van der Waals surface area contributed by atoms with Crippen LogP contribution in [-0.2, 0) is 0 Å². The van der Waals surface area contributed by atoms with E-state index < -0.39 is 0 Å². The van der Waals surface area contributed by atoms with E-state index in [9.17, 15) is 4.79 Å². The molecule has 3 aromatic rings. The molecule has 0 fully saturated rings. The van der Waals surface area contributed by atoms with Crippen molar-refractivity contribution in [3.63, 3.8) is 0 Å². The van der Waals surface area contributed by atoms with Crippen LogP contribution < -0.4 is 20.1 Å². The molecule has 0 saturated carbocycles. The van der Waals surface area contributed by atoms with Crippen molar-refractivity contribution in [3.8, 4) is 11.5 Å². The van der Waals surface area contributed by atoms with E-state index in [1.807, 2.05) is 49.4 Å². The Morgan fingerprint density at radius 2 is 1.67 bits per heavy atom. The number of rotatable bonds is 6. The number of carbonyl (C=O) groups excluding carboxylic acids is 1. The minimum Gasteiger partial charge on any atom is -0.493 e. The molecule has 0 aliphatic carbocycles. The molecule has 138 valence electrons. The Labute approximate surface area is 158 Å². The summed E-state index contributed by atoms with van der Waals surface area (Å²) >= 11 is 0. The van der Waals surface area contributed by atoms with Crippen LogP contribution in [0.3, 0.4) is 0 Å². The third-order valence-corrected chi connectivity index (χ3v) is 4.06. The molecule has 2 N–H and O–H groups in total. The molecule has 1 heterocycles. The Hall–Kier alpha value is -3.54. The van der Waals surface area contributed by atoms with Crippen LogP contribution in [0, 0.1) is 6.92 Å². The Bertz CT molecular complexity index is 957. The molecule has 0 atom stereocenters. The van der Waals surface area contributed by atoms with Crippen LogP contribution in [0.5, 0.6) is 11.5 Å². The van der Waals surface area contributed by atoms with Gasteiger partial charge >= 0.3 is 0 Å². The fourth-order valence-electron chi connectivity index (χ4n) is 2.61. The van der Waals surface area contributed by atoms with Gasteiger partial charge in [-0.2, -0.15) is 0 Å². The first-order valence-electron chi connectivity index (χ1n) is 8.43. The van der Waals surface area contributed by atoms with Gasteiger partial charge in [0.05, 0.1) is 14.2 Å². The molecule has 6 heteroatoms. The molecule has 1 aromatic heterocycles. The highest BCUT2D eigenvalue weighted by atomic mass is 16.5. The summed E-state index contributed by atoms with van der Waals surface area (Å²) in [7, 11) is 3.18. The molecule has 0 aliphatic heterocycles. The summed E-state index contributed by atoms with van der Waals surface area (Å²) in [4.78, 5) is 16.7. The molecular weight excluding hydrogens is 342 g/mol. The van der Waals surface area contributed by atoms with Crippen LogP contribution in [0.25, 0.3) is 0 Å². The number of methoxy groups -OCH3 is 2. The summed E-state index contributed by atoms with van der Waals surface area (Å²) in [6.07, 6.45) is 1.59. The first kappa shape index (κ1) is 18.3. The second-order valence-electron chi connectivity index (χ2n) is 5.89. The predicted molar refractivity (Wildman–Crippen MR) is 106 cm³/mol. The Morgan fingerprint density at radius 1 is 0.926 bits per heavy atom. The smallest absolute Gasteiger partial charge is 0.274 e. The van der Waals surface area contributed by atoms with Crippen molar-refractivity contribution in [1.29, 1.82) is 0 Å². The first-order valence-corrected chi connectivity index (χ1v) is 8.43. The largest absolute Gasteiger partial charge is 0.493 e. The number of nitrogens with zero attached hydrogens (tertiary/aromatic N) is 1. The van der Waals surface area contributed by atoms with E-state index in [-0.39, 0.29) is 5.91 Å². The van der Waals surface area contributed by atoms with Crippen LogP contribution in [0.4, 0.5) is 17.1 Å². The van der Waals surface area contributed by atoms with Crippen molar-refractivity contribution in [2.45, 2.75) is 6.92 Å². The van der Waals surface area contributed by atoms with Gasteiger partial charge in [0.1, 0.15) is 5.69 Å². The number of hydrogen-bond acceptors (Lipinski definition) is 5. The maximum absolute atomic E-state index is 12.5. The number of aromatic nitrogens is 1. The number of anilines is 3. The molecule has 2 aromatic carbocycles. The van der Waals surface area contributed by atoms with Crippen molar-refractivity contribution in [2.75, 3.05) is 24.9 Å². The molecule has 1 amide bonds. The maximum atomic E-state index is 12.5. The number of carbonyl (C=O) groups is 1. The predicted octanol–water partition coefficient (Wildman–Crippen LogP) is 4.40. The van der Waals surface area contributed by atoms with Gasteiger partial charge in [-0.1, -0.05) is 18.2 Å². The third-order valence-electron chi connectivity index (χ3n) is 4.06. The van der Waals surface area contributed by atoms with Gasteiger partial charge in [0.25, 0.3) is 5.91 Å². The minimum atomic E-state index is -0.264. The van der Waals surface area contributed by atoms with Crippen molar-refractivity contribution >= 4 is 23.0 Å². The number of benzene rings is 2. The van der Waals surface area contributed by atoms with Crippen molar-refractivity contribution in [3.05, 3.63) is 72.1 Å². The van der Waals surface area contributed by atoms with Gasteiger partial charge in [-0.3, -0.25) is 9.78 Å². The van der Waals surface area contributed by atoms with Crippen LogP contribution in [0.15, 0.2) is 60.8 Å². The monoisotopic (exact) mass is 363 g/mol. The van der Waals surface area contributed by atoms with E-state index in [2.05, 4.69) is 15.6 Å². The van der Waals surface area contributed by atoms with Crippen molar-refractivity contribution < 1.29 is 14.3 Å². The van der Waals surface area contributed by atoms with Gasteiger partial charge in [0.15, 0.2) is 11.5 Å². The normalized spacial score (nSPS) is 10.2. The number of nitrogens with one attached hydrogen (secondary N) is 2. The van der Waals surface area contributed by atoms with Gasteiger partial charge < -0.3 is 20.1 Å². The molecule has 3 rings (SSSR count). The van der Waals surface area contributed by atoms with Gasteiger partial charge in [-0.25, -0.2) is 0 Å². The molecule has 0 aliphatic rings. The molecule has 0 unspecified atom stereocenters. The zero-order valence-corrected chi connectivity index (χ0v) is 15.4. The zero-order chi connectivity index (χ0) is 19.2. The highest BCUT2D eigenvalue weighted by Crippen LogP contribution is 2.31. The van der Waals surface area contributed by atoms with Crippen LogP contribution in [-0.4, -0.2) is 25.1 Å². The number of para-hydroxylation sites is 1. The molecule has 0 bridgehead atoms. The van der Waals surface area contributed by atoms with E-state index in [1.165, 1.54) is 0 Å². The SMILES string of the molecule is COc1ccc(Nc2ccnc(C(=O)Nc3ccccc3C)c2)cc1OC. The summed E-state index contributed by atoms with van der Waals surface area (Å²) in [5.74, 6) is 1.01. The highest BCUT2D eigenvalue weighted by molar-refractivity contribution is 6.03. The number of ether oxygens (including phenoxy) is 2. The van der Waals surface area contributed by atoms with Crippen molar-refractivity contribution in [2.24, 2.45) is 0 Å². The molecule has 0 radical (unpaired) electrons. The fraction of sp³-hybridized carbons (Fsp3) is 0.143. The molecular formula is C21H21N3O3. The number of pyridine rings is 1. The van der Waals surface area contributed by atoms with Gasteiger partial charge in [0, 0.05) is 29.3 Å². The standard InChI is InChI=1S/C21H21N3O3/c1-14-6-4-5-7-17(14)24-21(25)18-12-16(10-11-22-18)23-15-8-9-19(26-2)20(13-15)27-3/h4-13H,1-3H3,(H,22,23)(H,24,25). The lowest BCUT2D eigenvalue weighted by molar-refractivity contribution is 0.102. The average molecular weight is 363 g/mol. The Balaban J connectivity index is 1.77. The van der Waals surface area contributed by atoms with Crippen LogP contribution in [0.2, 0.25) is 0 Å². The fourth-order valence-corrected chi connectivity index (χ4v) is 2.61. The molecule has 0 saturated heterocycles. The van der Waals surface area contributed by atoms with Crippen molar-refractivity contribution in [1.82, 2.24) is 4.98 Å². The second kappa shape index (κ2) is 8.23. The Kier molecular flexibility index (Phi) is 5.56. The van der Waals surface area contributed by atoms with E-state index in [0.717, 1.165) is 22.6 Å². The summed E-state index contributed by atoms with van der Waals surface area (Å²) in [5.41, 5.74) is 3.63. The number of hydrogen-bond donors (Lipinski definition) is 2. The topological polar surface area (TPSA) is 72.5 Å². The lowest BCUT2D eigenvalue weighted by Crippen LogP contribution is -2.14. The second-order valence-corrected chi connectivity index (χ2v) is 5.89. The van der Waals surface area contributed by atoms with Gasteiger partial charge in [0.2, 0.25) is 0 Å². The summed E-state index contributed by atoms with van der Waals surface area (Å²) < 4.78 is 10.6.